The normalized spacial score (nSPS) is 10.1. The van der Waals surface area contributed by atoms with Crippen LogP contribution in [0.3, 0.4) is 0 Å². The Kier molecular flexibility index (Phi) is 5.23. The number of ether oxygens (including phenoxy) is 2. The molecule has 6 heteroatoms. The molecule has 0 aliphatic heterocycles. The molecule has 100 valence electrons. The zero-order chi connectivity index (χ0) is 13.5. The molecule has 0 unspecified atom stereocenters. The largest absolute Gasteiger partial charge is 0.462 e. The van der Waals surface area contributed by atoms with Gasteiger partial charge in [0.15, 0.2) is 5.69 Å². The number of aromatic nitrogens is 1. The van der Waals surface area contributed by atoms with Gasteiger partial charge in [0.25, 0.3) is 0 Å². The maximum absolute atomic E-state index is 11.8. The fourth-order valence-electron chi connectivity index (χ4n) is 1.36. The summed E-state index contributed by atoms with van der Waals surface area (Å²) in [4.78, 5) is 23.5. The molecule has 6 nitrogen and oxygen atoms in total. The molecule has 1 aromatic heterocycles. The molecule has 0 saturated heterocycles. The fourth-order valence-corrected chi connectivity index (χ4v) is 1.36. The minimum Gasteiger partial charge on any atom is -0.462 e. The summed E-state index contributed by atoms with van der Waals surface area (Å²) in [7, 11) is 0. The van der Waals surface area contributed by atoms with Crippen LogP contribution in [0.15, 0.2) is 12.3 Å². The van der Waals surface area contributed by atoms with Crippen molar-refractivity contribution in [3.8, 4) is 0 Å². The molecule has 1 heterocycles. The molecule has 0 aliphatic rings. The summed E-state index contributed by atoms with van der Waals surface area (Å²) in [5.74, 6) is 4.41. The second-order valence-corrected chi connectivity index (χ2v) is 3.76. The van der Waals surface area contributed by atoms with Crippen molar-refractivity contribution in [3.63, 3.8) is 0 Å². The molecule has 1 rings (SSSR count). The second-order valence-electron chi connectivity index (χ2n) is 3.76. The van der Waals surface area contributed by atoms with Gasteiger partial charge in [-0.25, -0.2) is 9.59 Å². The predicted molar refractivity (Wildman–Crippen MR) is 65.7 cm³/mol. The van der Waals surface area contributed by atoms with Gasteiger partial charge in [-0.3, -0.25) is 4.68 Å². The molecule has 0 fully saturated rings. The van der Waals surface area contributed by atoms with E-state index in [9.17, 15) is 9.59 Å². The van der Waals surface area contributed by atoms with E-state index in [2.05, 4.69) is 0 Å². The van der Waals surface area contributed by atoms with E-state index in [1.807, 2.05) is 13.8 Å². The third kappa shape index (κ3) is 3.26. The fraction of sp³-hybridized carbons (Fsp3) is 0.500. The molecule has 0 bridgehead atoms. The Morgan fingerprint density at radius 3 is 2.28 bits per heavy atom. The third-order valence-electron chi connectivity index (χ3n) is 2.20. The lowest BCUT2D eigenvalue weighted by atomic mass is 10.2. The molecular weight excluding hydrogens is 236 g/mol. The van der Waals surface area contributed by atoms with Gasteiger partial charge in [0.1, 0.15) is 0 Å². The summed E-state index contributed by atoms with van der Waals surface area (Å²) < 4.78 is 11.0. The molecule has 0 aliphatic carbocycles. The van der Waals surface area contributed by atoms with Crippen molar-refractivity contribution in [3.05, 3.63) is 23.5 Å². The number of carbonyl (C=O) groups excluding carboxylic acids is 2. The van der Waals surface area contributed by atoms with E-state index in [0.717, 1.165) is 4.68 Å². The highest BCUT2D eigenvalue weighted by molar-refractivity contribution is 6.02. The first-order chi connectivity index (χ1) is 8.61. The monoisotopic (exact) mass is 254 g/mol. The van der Waals surface area contributed by atoms with Gasteiger partial charge in [-0.1, -0.05) is 13.8 Å². The van der Waals surface area contributed by atoms with Crippen molar-refractivity contribution in [2.24, 2.45) is 0 Å². The summed E-state index contributed by atoms with van der Waals surface area (Å²) in [5.41, 5.74) is 0.150. The molecule has 1 aromatic rings. The van der Waals surface area contributed by atoms with Crippen LogP contribution in [-0.2, 0) is 9.47 Å². The van der Waals surface area contributed by atoms with E-state index in [1.165, 1.54) is 12.3 Å². The minimum atomic E-state index is -0.618. The topological polar surface area (TPSA) is 83.5 Å². The van der Waals surface area contributed by atoms with E-state index < -0.39 is 11.9 Å². The van der Waals surface area contributed by atoms with E-state index >= 15 is 0 Å². The molecule has 0 amide bonds. The van der Waals surface area contributed by atoms with Crippen LogP contribution in [0.5, 0.6) is 0 Å². The summed E-state index contributed by atoms with van der Waals surface area (Å²) in [6, 6.07) is 1.44. The van der Waals surface area contributed by atoms with Crippen molar-refractivity contribution in [2.75, 3.05) is 19.1 Å². The lowest BCUT2D eigenvalue weighted by Crippen LogP contribution is -2.21. The van der Waals surface area contributed by atoms with Crippen LogP contribution in [-0.4, -0.2) is 29.8 Å². The van der Waals surface area contributed by atoms with E-state index in [4.69, 9.17) is 15.3 Å². The number of hydrogen-bond donors (Lipinski definition) is 1. The van der Waals surface area contributed by atoms with Gasteiger partial charge in [0.2, 0.25) is 0 Å². The smallest absolute Gasteiger partial charge is 0.357 e. The predicted octanol–water partition coefficient (Wildman–Crippen LogP) is 1.34. The van der Waals surface area contributed by atoms with Crippen LogP contribution in [0.25, 0.3) is 0 Å². The molecule has 0 saturated carbocycles. The van der Waals surface area contributed by atoms with Crippen LogP contribution < -0.4 is 5.84 Å². The number of carbonyl (C=O) groups is 2. The molecule has 18 heavy (non-hydrogen) atoms. The number of nitrogens with two attached hydrogens (primary N) is 1. The quantitative estimate of drug-likeness (QED) is 0.611. The average molecular weight is 254 g/mol. The summed E-state index contributed by atoms with van der Waals surface area (Å²) in [5, 5.41) is 0. The Morgan fingerprint density at radius 1 is 1.17 bits per heavy atom. The average Bonchev–Trinajstić information content (AvgIpc) is 2.75. The Morgan fingerprint density at radius 2 is 1.72 bits per heavy atom. The number of hydrogen-bond acceptors (Lipinski definition) is 5. The maximum atomic E-state index is 11.8. The number of rotatable bonds is 6. The first kappa shape index (κ1) is 14.1. The van der Waals surface area contributed by atoms with Gasteiger partial charge < -0.3 is 15.3 Å². The van der Waals surface area contributed by atoms with Crippen molar-refractivity contribution in [1.29, 1.82) is 0 Å². The zero-order valence-corrected chi connectivity index (χ0v) is 10.6. The third-order valence-corrected chi connectivity index (χ3v) is 2.20. The number of nitrogen functional groups attached to an aromatic ring is 1. The van der Waals surface area contributed by atoms with Crippen LogP contribution >= 0.6 is 0 Å². The van der Waals surface area contributed by atoms with Gasteiger partial charge >= 0.3 is 11.9 Å². The molecule has 0 aromatic carbocycles. The first-order valence-corrected chi connectivity index (χ1v) is 5.92. The van der Waals surface area contributed by atoms with Crippen molar-refractivity contribution in [1.82, 2.24) is 4.68 Å². The Labute approximate surface area is 106 Å². The Balaban J connectivity index is 2.87. The Bertz CT molecular complexity index is 426. The van der Waals surface area contributed by atoms with Gasteiger partial charge in [-0.05, 0) is 18.9 Å². The maximum Gasteiger partial charge on any atom is 0.357 e. The van der Waals surface area contributed by atoms with E-state index in [-0.39, 0.29) is 17.9 Å². The van der Waals surface area contributed by atoms with Gasteiger partial charge in [0.05, 0.1) is 18.8 Å². The van der Waals surface area contributed by atoms with Crippen LogP contribution in [0.4, 0.5) is 0 Å². The van der Waals surface area contributed by atoms with Crippen LogP contribution in [0, 0.1) is 0 Å². The first-order valence-electron chi connectivity index (χ1n) is 5.92. The molecular formula is C12H18N2O4. The minimum absolute atomic E-state index is 0.0181. The van der Waals surface area contributed by atoms with Crippen molar-refractivity contribution >= 4 is 11.9 Å². The molecule has 0 spiro atoms. The molecule has 2 N–H and O–H groups in total. The van der Waals surface area contributed by atoms with E-state index in [0.29, 0.717) is 19.4 Å². The van der Waals surface area contributed by atoms with Crippen LogP contribution in [0.1, 0.15) is 47.5 Å². The molecule has 0 radical (unpaired) electrons. The zero-order valence-electron chi connectivity index (χ0n) is 10.6. The number of nitrogens with zero attached hydrogens (tertiary/aromatic N) is 1. The summed E-state index contributed by atoms with van der Waals surface area (Å²) >= 11 is 0. The summed E-state index contributed by atoms with van der Waals surface area (Å²) in [6.45, 7) is 4.36. The lowest BCUT2D eigenvalue weighted by molar-refractivity contribution is 0.0451. The highest BCUT2D eigenvalue weighted by Gasteiger charge is 2.23. The van der Waals surface area contributed by atoms with Gasteiger partial charge in [0, 0.05) is 6.20 Å². The SMILES string of the molecule is CCCOC(=O)c1ccn(N)c1C(=O)OCCC. The van der Waals surface area contributed by atoms with E-state index in [1.54, 1.807) is 0 Å². The Hall–Kier alpha value is -1.98. The van der Waals surface area contributed by atoms with Gasteiger partial charge in [-0.15, -0.1) is 0 Å². The highest BCUT2D eigenvalue weighted by Crippen LogP contribution is 2.12. The summed E-state index contributed by atoms with van der Waals surface area (Å²) in [6.07, 6.45) is 2.84. The molecule has 0 atom stereocenters. The van der Waals surface area contributed by atoms with Crippen molar-refractivity contribution < 1.29 is 19.1 Å². The number of esters is 2. The lowest BCUT2D eigenvalue weighted by Gasteiger charge is -2.07. The van der Waals surface area contributed by atoms with Crippen molar-refractivity contribution in [2.45, 2.75) is 26.7 Å². The van der Waals surface area contributed by atoms with Crippen LogP contribution in [0.2, 0.25) is 0 Å². The standard InChI is InChI=1S/C12H18N2O4/c1-3-7-17-11(15)9-5-6-14(13)10(9)12(16)18-8-4-2/h5-6H,3-4,7-8,13H2,1-2H3. The van der Waals surface area contributed by atoms with Gasteiger partial charge in [-0.2, -0.15) is 0 Å². The highest BCUT2D eigenvalue weighted by atomic mass is 16.5. The second kappa shape index (κ2) is 6.68.